The van der Waals surface area contributed by atoms with Gasteiger partial charge in [0.25, 0.3) is 5.56 Å². The van der Waals surface area contributed by atoms with E-state index in [1.165, 1.54) is 6.20 Å². The highest BCUT2D eigenvalue weighted by atomic mass is 79.9. The summed E-state index contributed by atoms with van der Waals surface area (Å²) in [6.45, 7) is 0.602. The Morgan fingerprint density at radius 1 is 1.50 bits per heavy atom. The normalized spacial score (nSPS) is 10.6. The molecule has 0 atom stereocenters. The zero-order chi connectivity index (χ0) is 11.5. The lowest BCUT2D eigenvalue weighted by molar-refractivity contribution is 0.612. The third-order valence-electron chi connectivity index (χ3n) is 2.39. The van der Waals surface area contributed by atoms with Crippen molar-refractivity contribution in [1.82, 2.24) is 19.3 Å². The van der Waals surface area contributed by atoms with Gasteiger partial charge in [0, 0.05) is 38.1 Å². The molecule has 0 fully saturated rings. The van der Waals surface area contributed by atoms with Crippen LogP contribution in [-0.4, -0.2) is 19.3 Å². The zero-order valence-corrected chi connectivity index (χ0v) is 10.4. The summed E-state index contributed by atoms with van der Waals surface area (Å²) < 4.78 is 3.87. The summed E-state index contributed by atoms with van der Waals surface area (Å²) >= 11 is 3.17. The topological polar surface area (TPSA) is 52.7 Å². The first-order valence-electron chi connectivity index (χ1n) is 4.85. The van der Waals surface area contributed by atoms with Gasteiger partial charge >= 0.3 is 0 Å². The predicted molar refractivity (Wildman–Crippen MR) is 63.1 cm³/mol. The van der Waals surface area contributed by atoms with E-state index in [2.05, 4.69) is 26.0 Å². The monoisotopic (exact) mass is 282 g/mol. The Hall–Kier alpha value is -1.43. The molecule has 0 aliphatic rings. The SMILES string of the molecule is Cn1nccc1CCn1cncc(Br)c1=O. The second-order valence-electron chi connectivity index (χ2n) is 3.44. The van der Waals surface area contributed by atoms with E-state index >= 15 is 0 Å². The molecule has 2 rings (SSSR count). The van der Waals surface area contributed by atoms with Crippen LogP contribution >= 0.6 is 15.9 Å². The molecule has 0 amide bonds. The van der Waals surface area contributed by atoms with Gasteiger partial charge in [-0.3, -0.25) is 14.0 Å². The van der Waals surface area contributed by atoms with E-state index in [1.54, 1.807) is 21.8 Å². The van der Waals surface area contributed by atoms with Crippen LogP contribution in [0.2, 0.25) is 0 Å². The van der Waals surface area contributed by atoms with E-state index in [4.69, 9.17) is 0 Å². The largest absolute Gasteiger partial charge is 0.298 e. The summed E-state index contributed by atoms with van der Waals surface area (Å²) in [7, 11) is 1.89. The quantitative estimate of drug-likeness (QED) is 0.843. The highest BCUT2D eigenvalue weighted by Crippen LogP contribution is 2.01. The van der Waals surface area contributed by atoms with Gasteiger partial charge in [-0.25, -0.2) is 4.98 Å². The molecule has 0 spiro atoms. The van der Waals surface area contributed by atoms with Gasteiger partial charge in [0.15, 0.2) is 0 Å². The van der Waals surface area contributed by atoms with Gasteiger partial charge in [0.1, 0.15) is 4.47 Å². The number of hydrogen-bond donors (Lipinski definition) is 0. The summed E-state index contributed by atoms with van der Waals surface area (Å²) in [6.07, 6.45) is 5.55. The van der Waals surface area contributed by atoms with E-state index in [-0.39, 0.29) is 5.56 Å². The highest BCUT2D eigenvalue weighted by molar-refractivity contribution is 9.10. The first-order valence-corrected chi connectivity index (χ1v) is 5.64. The molecule has 5 nitrogen and oxygen atoms in total. The molecule has 6 heteroatoms. The molecule has 0 saturated carbocycles. The van der Waals surface area contributed by atoms with E-state index in [0.717, 1.165) is 12.1 Å². The maximum atomic E-state index is 11.7. The van der Waals surface area contributed by atoms with Gasteiger partial charge < -0.3 is 0 Å². The fourth-order valence-corrected chi connectivity index (χ4v) is 1.81. The Morgan fingerprint density at radius 3 is 3.00 bits per heavy atom. The number of rotatable bonds is 3. The second kappa shape index (κ2) is 4.61. The van der Waals surface area contributed by atoms with Crippen LogP contribution in [0.4, 0.5) is 0 Å². The standard InChI is InChI=1S/C10H11BrN4O/c1-14-8(2-4-13-14)3-5-15-7-12-6-9(11)10(15)16/h2,4,6-7H,3,5H2,1H3. The number of aryl methyl sites for hydroxylation is 3. The highest BCUT2D eigenvalue weighted by Gasteiger charge is 2.03. The minimum absolute atomic E-state index is 0.0582. The van der Waals surface area contributed by atoms with Crippen LogP contribution in [0.5, 0.6) is 0 Å². The number of nitrogens with zero attached hydrogens (tertiary/aromatic N) is 4. The zero-order valence-electron chi connectivity index (χ0n) is 8.80. The molecule has 2 aromatic heterocycles. The van der Waals surface area contributed by atoms with Crippen molar-refractivity contribution >= 4 is 15.9 Å². The van der Waals surface area contributed by atoms with Gasteiger partial charge in [-0.15, -0.1) is 0 Å². The summed E-state index contributed by atoms with van der Waals surface area (Å²) in [5.74, 6) is 0. The number of hydrogen-bond acceptors (Lipinski definition) is 3. The van der Waals surface area contributed by atoms with Gasteiger partial charge in [-0.1, -0.05) is 0 Å². The van der Waals surface area contributed by atoms with Crippen molar-refractivity contribution in [2.24, 2.45) is 7.05 Å². The Balaban J connectivity index is 2.14. The van der Waals surface area contributed by atoms with Crippen molar-refractivity contribution in [3.05, 3.63) is 45.3 Å². The summed E-state index contributed by atoms with van der Waals surface area (Å²) in [6, 6.07) is 1.94. The van der Waals surface area contributed by atoms with Crippen LogP contribution in [0.15, 0.2) is 34.1 Å². The molecular formula is C10H11BrN4O. The predicted octanol–water partition coefficient (Wildman–Crippen LogP) is 0.982. The minimum Gasteiger partial charge on any atom is -0.298 e. The molecule has 0 aromatic carbocycles. The van der Waals surface area contributed by atoms with Crippen LogP contribution in [0.25, 0.3) is 0 Å². The Morgan fingerprint density at radius 2 is 2.31 bits per heavy atom. The van der Waals surface area contributed by atoms with Crippen LogP contribution in [-0.2, 0) is 20.0 Å². The van der Waals surface area contributed by atoms with Crippen LogP contribution in [0.1, 0.15) is 5.69 Å². The van der Waals surface area contributed by atoms with Gasteiger partial charge in [-0.05, 0) is 22.0 Å². The third-order valence-corrected chi connectivity index (χ3v) is 2.93. The van der Waals surface area contributed by atoms with Crippen molar-refractivity contribution in [3.63, 3.8) is 0 Å². The lowest BCUT2D eigenvalue weighted by Crippen LogP contribution is -2.22. The summed E-state index contributed by atoms with van der Waals surface area (Å²) in [5, 5.41) is 4.07. The molecule has 84 valence electrons. The first-order chi connectivity index (χ1) is 7.68. The average molecular weight is 283 g/mol. The first kappa shape index (κ1) is 11.1. The van der Waals surface area contributed by atoms with E-state index < -0.39 is 0 Å². The van der Waals surface area contributed by atoms with Crippen LogP contribution in [0, 0.1) is 0 Å². The van der Waals surface area contributed by atoms with Gasteiger partial charge in [0.2, 0.25) is 0 Å². The Kier molecular flexibility index (Phi) is 3.19. The lowest BCUT2D eigenvalue weighted by atomic mass is 10.3. The molecule has 0 aliphatic heterocycles. The average Bonchev–Trinajstić information content (AvgIpc) is 2.67. The molecule has 0 radical (unpaired) electrons. The molecule has 2 heterocycles. The maximum absolute atomic E-state index is 11.7. The fraction of sp³-hybridized carbons (Fsp3) is 0.300. The third kappa shape index (κ3) is 2.21. The van der Waals surface area contributed by atoms with Crippen LogP contribution in [0.3, 0.4) is 0 Å². The molecule has 0 N–H and O–H groups in total. The van der Waals surface area contributed by atoms with Crippen molar-refractivity contribution in [2.45, 2.75) is 13.0 Å². The fourth-order valence-electron chi connectivity index (χ4n) is 1.46. The van der Waals surface area contributed by atoms with E-state index in [0.29, 0.717) is 11.0 Å². The Bertz CT molecular complexity index is 546. The molecule has 0 saturated heterocycles. The number of halogens is 1. The molecule has 2 aromatic rings. The lowest BCUT2D eigenvalue weighted by Gasteiger charge is -2.05. The van der Waals surface area contributed by atoms with Gasteiger partial charge in [-0.2, -0.15) is 5.10 Å². The van der Waals surface area contributed by atoms with Crippen molar-refractivity contribution in [2.75, 3.05) is 0 Å². The molecule has 0 aliphatic carbocycles. The minimum atomic E-state index is -0.0582. The maximum Gasteiger partial charge on any atom is 0.267 e. The summed E-state index contributed by atoms with van der Waals surface area (Å²) in [4.78, 5) is 15.6. The van der Waals surface area contributed by atoms with E-state index in [9.17, 15) is 4.79 Å². The molecule has 16 heavy (non-hydrogen) atoms. The van der Waals surface area contributed by atoms with Crippen LogP contribution < -0.4 is 5.56 Å². The molecule has 0 unspecified atom stereocenters. The Labute approximate surface area is 101 Å². The summed E-state index contributed by atoms with van der Waals surface area (Å²) in [5.41, 5.74) is 1.03. The molecular weight excluding hydrogens is 272 g/mol. The molecule has 0 bridgehead atoms. The second-order valence-corrected chi connectivity index (χ2v) is 4.29. The van der Waals surface area contributed by atoms with Crippen molar-refractivity contribution in [1.29, 1.82) is 0 Å². The van der Waals surface area contributed by atoms with Crippen molar-refractivity contribution < 1.29 is 0 Å². The van der Waals surface area contributed by atoms with Crippen molar-refractivity contribution in [3.8, 4) is 0 Å². The number of aromatic nitrogens is 4. The van der Waals surface area contributed by atoms with Gasteiger partial charge in [0.05, 0.1) is 6.33 Å². The van der Waals surface area contributed by atoms with E-state index in [1.807, 2.05) is 13.1 Å². The smallest absolute Gasteiger partial charge is 0.267 e.